The van der Waals surface area contributed by atoms with Gasteiger partial charge in [0.25, 0.3) is 0 Å². The van der Waals surface area contributed by atoms with Gasteiger partial charge in [-0.2, -0.15) is 5.26 Å². The first-order valence-corrected chi connectivity index (χ1v) is 7.56. The molecule has 0 spiro atoms. The molecule has 114 valence electrons. The average Bonchev–Trinajstić information content (AvgIpc) is 2.72. The number of pyridine rings is 1. The average molecular weight is 287 g/mol. The molecule has 0 amide bonds. The van der Waals surface area contributed by atoms with Crippen LogP contribution in [-0.2, 0) is 0 Å². The topological polar surface area (TPSA) is 86.8 Å². The standard InChI is InChI=1S/C16H25N5/c1-5-13-8-19-12(4)16(13,18)9-20-15-6-10(2)14(7-17)11(3)21-15/h6,12-13,19H,5,8-9,18H2,1-4H3,(H,20,21). The van der Waals surface area contributed by atoms with Gasteiger partial charge < -0.3 is 16.4 Å². The van der Waals surface area contributed by atoms with Gasteiger partial charge in [-0.05, 0) is 38.3 Å². The first-order valence-electron chi connectivity index (χ1n) is 7.56. The van der Waals surface area contributed by atoms with Crippen LogP contribution >= 0.6 is 0 Å². The Kier molecular flexibility index (Phi) is 4.50. The normalized spacial score (nSPS) is 28.4. The van der Waals surface area contributed by atoms with Crippen LogP contribution < -0.4 is 16.4 Å². The number of rotatable bonds is 4. The van der Waals surface area contributed by atoms with Crippen LogP contribution in [0.1, 0.15) is 37.1 Å². The Labute approximate surface area is 126 Å². The van der Waals surface area contributed by atoms with Gasteiger partial charge in [0.2, 0.25) is 0 Å². The van der Waals surface area contributed by atoms with Crippen LogP contribution in [-0.4, -0.2) is 29.7 Å². The number of anilines is 1. The summed E-state index contributed by atoms with van der Waals surface area (Å²) >= 11 is 0. The lowest BCUT2D eigenvalue weighted by Gasteiger charge is -2.34. The van der Waals surface area contributed by atoms with Crippen molar-refractivity contribution in [2.45, 2.75) is 45.7 Å². The number of nitrogens with one attached hydrogen (secondary N) is 2. The fraction of sp³-hybridized carbons (Fsp3) is 0.625. The zero-order chi connectivity index (χ0) is 15.6. The Balaban J connectivity index is 2.15. The molecular weight excluding hydrogens is 262 g/mol. The first kappa shape index (κ1) is 15.7. The summed E-state index contributed by atoms with van der Waals surface area (Å²) in [7, 11) is 0. The summed E-state index contributed by atoms with van der Waals surface area (Å²) in [5.74, 6) is 1.25. The highest BCUT2D eigenvalue weighted by molar-refractivity contribution is 5.49. The third kappa shape index (κ3) is 2.87. The second-order valence-electron chi connectivity index (χ2n) is 6.10. The maximum absolute atomic E-state index is 9.10. The first-order chi connectivity index (χ1) is 9.92. The second-order valence-corrected chi connectivity index (χ2v) is 6.10. The molecule has 1 aromatic heterocycles. The van der Waals surface area contributed by atoms with E-state index in [4.69, 9.17) is 11.0 Å². The van der Waals surface area contributed by atoms with E-state index < -0.39 is 0 Å². The molecule has 2 heterocycles. The van der Waals surface area contributed by atoms with Crippen LogP contribution in [0.5, 0.6) is 0 Å². The number of nitrogens with zero attached hydrogens (tertiary/aromatic N) is 2. The minimum absolute atomic E-state index is 0.272. The molecule has 5 nitrogen and oxygen atoms in total. The van der Waals surface area contributed by atoms with Crippen molar-refractivity contribution in [1.29, 1.82) is 5.26 Å². The molecule has 21 heavy (non-hydrogen) atoms. The summed E-state index contributed by atoms with van der Waals surface area (Å²) < 4.78 is 0. The number of hydrogen-bond donors (Lipinski definition) is 3. The Morgan fingerprint density at radius 1 is 1.57 bits per heavy atom. The molecule has 0 bridgehead atoms. The summed E-state index contributed by atoms with van der Waals surface area (Å²) in [4.78, 5) is 4.46. The highest BCUT2D eigenvalue weighted by Gasteiger charge is 2.43. The lowest BCUT2D eigenvalue weighted by atomic mass is 9.81. The maximum atomic E-state index is 9.10. The van der Waals surface area contributed by atoms with Gasteiger partial charge in [-0.15, -0.1) is 0 Å². The third-order valence-corrected chi connectivity index (χ3v) is 4.81. The summed E-state index contributed by atoms with van der Waals surface area (Å²) in [6, 6.07) is 4.39. The van der Waals surface area contributed by atoms with E-state index in [0.717, 1.165) is 30.0 Å². The van der Waals surface area contributed by atoms with Crippen molar-refractivity contribution < 1.29 is 0 Å². The van der Waals surface area contributed by atoms with Gasteiger partial charge in [0, 0.05) is 19.1 Å². The van der Waals surface area contributed by atoms with Crippen molar-refractivity contribution in [2.75, 3.05) is 18.4 Å². The molecule has 1 aliphatic rings. The molecule has 4 N–H and O–H groups in total. The van der Waals surface area contributed by atoms with Gasteiger partial charge in [-0.3, -0.25) is 0 Å². The van der Waals surface area contributed by atoms with E-state index in [0.29, 0.717) is 18.0 Å². The molecule has 1 aromatic rings. The number of nitrogens with two attached hydrogens (primary N) is 1. The summed E-state index contributed by atoms with van der Waals surface area (Å²) in [5.41, 5.74) is 8.73. The van der Waals surface area contributed by atoms with Crippen LogP contribution in [0.2, 0.25) is 0 Å². The fourth-order valence-electron chi connectivity index (χ4n) is 3.21. The zero-order valence-corrected chi connectivity index (χ0v) is 13.3. The van der Waals surface area contributed by atoms with E-state index in [1.807, 2.05) is 19.9 Å². The van der Waals surface area contributed by atoms with E-state index in [1.54, 1.807) is 0 Å². The molecular formula is C16H25N5. The van der Waals surface area contributed by atoms with Gasteiger partial charge in [0.05, 0.1) is 16.8 Å². The number of nitriles is 1. The van der Waals surface area contributed by atoms with Crippen LogP contribution in [0.25, 0.3) is 0 Å². The molecule has 1 aliphatic heterocycles. The highest BCUT2D eigenvalue weighted by atomic mass is 15.1. The quantitative estimate of drug-likeness (QED) is 0.784. The Hall–Kier alpha value is -1.64. The van der Waals surface area contributed by atoms with E-state index in [2.05, 4.69) is 35.5 Å². The molecule has 0 saturated carbocycles. The maximum Gasteiger partial charge on any atom is 0.126 e. The van der Waals surface area contributed by atoms with Crippen molar-refractivity contribution in [3.8, 4) is 6.07 Å². The molecule has 1 fully saturated rings. The van der Waals surface area contributed by atoms with Gasteiger partial charge in [-0.1, -0.05) is 13.3 Å². The lowest BCUT2D eigenvalue weighted by Crippen LogP contribution is -2.57. The van der Waals surface area contributed by atoms with Crippen LogP contribution in [0.4, 0.5) is 5.82 Å². The van der Waals surface area contributed by atoms with Crippen molar-refractivity contribution in [1.82, 2.24) is 10.3 Å². The smallest absolute Gasteiger partial charge is 0.126 e. The fourth-order valence-corrected chi connectivity index (χ4v) is 3.21. The lowest BCUT2D eigenvalue weighted by molar-refractivity contribution is 0.311. The van der Waals surface area contributed by atoms with Crippen LogP contribution in [0.3, 0.4) is 0 Å². The minimum atomic E-state index is -0.272. The van der Waals surface area contributed by atoms with Crippen molar-refractivity contribution >= 4 is 5.82 Å². The van der Waals surface area contributed by atoms with Gasteiger partial charge in [0.1, 0.15) is 11.9 Å². The van der Waals surface area contributed by atoms with Gasteiger partial charge in [0.15, 0.2) is 0 Å². The monoisotopic (exact) mass is 287 g/mol. The molecule has 0 aromatic carbocycles. The highest BCUT2D eigenvalue weighted by Crippen LogP contribution is 2.28. The van der Waals surface area contributed by atoms with E-state index >= 15 is 0 Å². The van der Waals surface area contributed by atoms with E-state index in [9.17, 15) is 0 Å². The SMILES string of the molecule is CCC1CNC(C)C1(N)CNc1cc(C)c(C#N)c(C)n1. The van der Waals surface area contributed by atoms with Crippen LogP contribution in [0.15, 0.2) is 6.07 Å². The molecule has 0 radical (unpaired) electrons. The predicted octanol–water partition coefficient (Wildman–Crippen LogP) is 1.70. The van der Waals surface area contributed by atoms with Crippen LogP contribution in [0, 0.1) is 31.1 Å². The van der Waals surface area contributed by atoms with E-state index in [1.165, 1.54) is 0 Å². The number of hydrogen-bond acceptors (Lipinski definition) is 5. The molecule has 5 heteroatoms. The van der Waals surface area contributed by atoms with E-state index in [-0.39, 0.29) is 11.6 Å². The van der Waals surface area contributed by atoms with Crippen molar-refractivity contribution in [2.24, 2.45) is 11.7 Å². The van der Waals surface area contributed by atoms with Gasteiger partial charge in [-0.25, -0.2) is 4.98 Å². The van der Waals surface area contributed by atoms with Crippen molar-refractivity contribution in [3.05, 3.63) is 22.9 Å². The Morgan fingerprint density at radius 3 is 2.86 bits per heavy atom. The second kappa shape index (κ2) is 6.00. The number of aryl methyl sites for hydroxylation is 2. The molecule has 3 unspecified atom stereocenters. The Morgan fingerprint density at radius 2 is 2.29 bits per heavy atom. The minimum Gasteiger partial charge on any atom is -0.368 e. The number of aromatic nitrogens is 1. The largest absolute Gasteiger partial charge is 0.368 e. The molecule has 2 rings (SSSR count). The van der Waals surface area contributed by atoms with Crippen molar-refractivity contribution in [3.63, 3.8) is 0 Å². The summed E-state index contributed by atoms with van der Waals surface area (Å²) in [6.45, 7) is 9.77. The predicted molar refractivity (Wildman–Crippen MR) is 85.1 cm³/mol. The van der Waals surface area contributed by atoms with Gasteiger partial charge >= 0.3 is 0 Å². The molecule has 3 atom stereocenters. The summed E-state index contributed by atoms with van der Waals surface area (Å²) in [5, 5.41) is 15.9. The molecule has 1 saturated heterocycles. The zero-order valence-electron chi connectivity index (χ0n) is 13.3. The molecule has 0 aliphatic carbocycles. The third-order valence-electron chi connectivity index (χ3n) is 4.81. The summed E-state index contributed by atoms with van der Waals surface area (Å²) in [6.07, 6.45) is 1.06. The Bertz CT molecular complexity index is 539.